The smallest absolute Gasteiger partial charge is 0.263 e. The van der Waals surface area contributed by atoms with Crippen LogP contribution in [0.1, 0.15) is 31.9 Å². The summed E-state index contributed by atoms with van der Waals surface area (Å²) in [7, 11) is -3.57. The number of hydrogen-bond donors (Lipinski definition) is 1. The molecule has 1 heterocycles. The summed E-state index contributed by atoms with van der Waals surface area (Å²) in [5.41, 5.74) is 2.36. The van der Waals surface area contributed by atoms with Crippen LogP contribution in [-0.2, 0) is 26.7 Å². The van der Waals surface area contributed by atoms with E-state index in [1.807, 2.05) is 24.3 Å². The minimum Gasteiger partial charge on any atom is -0.476 e. The highest BCUT2D eigenvalue weighted by Crippen LogP contribution is 2.38. The number of fused-ring (bicyclic) bond motifs is 1. The molecule has 0 saturated carbocycles. The molecule has 162 valence electrons. The summed E-state index contributed by atoms with van der Waals surface area (Å²) in [6.07, 6.45) is 0.858. The molecule has 0 aromatic heterocycles. The molecule has 6 nitrogen and oxygen atoms in total. The second kappa shape index (κ2) is 8.47. The lowest BCUT2D eigenvalue weighted by Crippen LogP contribution is -2.50. The van der Waals surface area contributed by atoms with Crippen molar-refractivity contribution >= 4 is 33.2 Å². The highest BCUT2D eigenvalue weighted by molar-refractivity contribution is 7.92. The van der Waals surface area contributed by atoms with Gasteiger partial charge in [0.25, 0.3) is 5.91 Å². The number of benzene rings is 2. The molecule has 1 unspecified atom stereocenters. The molecule has 3 rings (SSSR count). The van der Waals surface area contributed by atoms with Gasteiger partial charge in [-0.05, 0) is 47.2 Å². The van der Waals surface area contributed by atoms with Crippen molar-refractivity contribution in [2.45, 2.75) is 38.7 Å². The molecular weight excluding hydrogens is 424 g/mol. The normalized spacial score (nSPS) is 16.6. The first-order chi connectivity index (χ1) is 13.9. The molecular formula is C22H27ClN2O4S. The molecule has 0 bridgehead atoms. The fraction of sp³-hybridized carbons (Fsp3) is 0.409. The van der Waals surface area contributed by atoms with E-state index in [1.54, 1.807) is 18.2 Å². The maximum atomic E-state index is 12.7. The Morgan fingerprint density at radius 3 is 2.47 bits per heavy atom. The Balaban J connectivity index is 1.74. The van der Waals surface area contributed by atoms with Gasteiger partial charge in [0.05, 0.1) is 18.5 Å². The number of ether oxygens (including phenoxy) is 1. The van der Waals surface area contributed by atoms with Gasteiger partial charge >= 0.3 is 0 Å². The first kappa shape index (κ1) is 22.4. The fourth-order valence-corrected chi connectivity index (χ4v) is 4.30. The predicted molar refractivity (Wildman–Crippen MR) is 120 cm³/mol. The van der Waals surface area contributed by atoms with Crippen molar-refractivity contribution in [2.75, 3.05) is 23.7 Å². The molecule has 2 aromatic carbocycles. The van der Waals surface area contributed by atoms with Gasteiger partial charge in [0.15, 0.2) is 6.10 Å². The van der Waals surface area contributed by atoms with E-state index in [-0.39, 0.29) is 17.9 Å². The van der Waals surface area contributed by atoms with Crippen LogP contribution in [0.25, 0.3) is 0 Å². The van der Waals surface area contributed by atoms with Crippen LogP contribution in [0.15, 0.2) is 42.5 Å². The minimum absolute atomic E-state index is 0.0633. The first-order valence-corrected chi connectivity index (χ1v) is 12.0. The number of anilines is 1. The number of halogens is 1. The Hall–Kier alpha value is -2.25. The number of carbonyl (C=O) groups is 1. The zero-order valence-electron chi connectivity index (χ0n) is 17.6. The van der Waals surface area contributed by atoms with Gasteiger partial charge in [0.1, 0.15) is 5.75 Å². The zero-order valence-corrected chi connectivity index (χ0v) is 19.2. The van der Waals surface area contributed by atoms with Gasteiger partial charge in [-0.25, -0.2) is 8.42 Å². The van der Waals surface area contributed by atoms with Gasteiger partial charge < -0.3 is 10.1 Å². The van der Waals surface area contributed by atoms with Crippen molar-refractivity contribution in [3.05, 3.63) is 58.6 Å². The first-order valence-electron chi connectivity index (χ1n) is 9.76. The summed E-state index contributed by atoms with van der Waals surface area (Å²) in [6, 6.07) is 12.9. The molecule has 1 N–H and O–H groups in total. The average Bonchev–Trinajstić information content (AvgIpc) is 2.66. The summed E-state index contributed by atoms with van der Waals surface area (Å²) in [5.74, 6) is 0.0423. The van der Waals surface area contributed by atoms with Crippen LogP contribution in [0.4, 0.5) is 5.69 Å². The van der Waals surface area contributed by atoms with Crippen molar-refractivity contribution in [2.24, 2.45) is 0 Å². The summed E-state index contributed by atoms with van der Waals surface area (Å²) in [4.78, 5) is 12.7. The van der Waals surface area contributed by atoms with Crippen LogP contribution in [0.5, 0.6) is 5.75 Å². The molecule has 0 radical (unpaired) electrons. The molecule has 2 aromatic rings. The third-order valence-corrected chi connectivity index (χ3v) is 6.41. The quantitative estimate of drug-likeness (QED) is 0.756. The summed E-state index contributed by atoms with van der Waals surface area (Å²) in [6.45, 7) is 6.52. The predicted octanol–water partition coefficient (Wildman–Crippen LogP) is 3.52. The van der Waals surface area contributed by atoms with Crippen LogP contribution in [-0.4, -0.2) is 39.8 Å². The lowest BCUT2D eigenvalue weighted by atomic mass is 9.86. The molecule has 1 amide bonds. The van der Waals surface area contributed by atoms with Gasteiger partial charge in [0, 0.05) is 11.6 Å². The van der Waals surface area contributed by atoms with E-state index in [0.717, 1.165) is 17.4 Å². The lowest BCUT2D eigenvalue weighted by molar-refractivity contribution is -0.127. The van der Waals surface area contributed by atoms with Gasteiger partial charge in [-0.3, -0.25) is 9.10 Å². The second-order valence-electron chi connectivity index (χ2n) is 8.50. The third-order valence-electron chi connectivity index (χ3n) is 5.01. The SMILES string of the molecule is CC(C)(C)c1ccc2c(c1)N(S(C)(=O)=O)CC(C(=O)NCCc1ccc(Cl)cc1)O2. The fourth-order valence-electron chi connectivity index (χ4n) is 3.26. The lowest BCUT2D eigenvalue weighted by Gasteiger charge is -2.35. The van der Waals surface area contributed by atoms with Crippen LogP contribution in [0.2, 0.25) is 5.02 Å². The van der Waals surface area contributed by atoms with E-state index in [2.05, 4.69) is 26.1 Å². The van der Waals surface area contributed by atoms with E-state index in [0.29, 0.717) is 29.4 Å². The molecule has 1 aliphatic rings. The number of amides is 1. The third kappa shape index (κ3) is 5.26. The van der Waals surface area contributed by atoms with E-state index in [9.17, 15) is 13.2 Å². The molecule has 0 fully saturated rings. The largest absolute Gasteiger partial charge is 0.476 e. The Bertz CT molecular complexity index is 1030. The topological polar surface area (TPSA) is 75.7 Å². The minimum atomic E-state index is -3.57. The van der Waals surface area contributed by atoms with E-state index < -0.39 is 16.1 Å². The highest BCUT2D eigenvalue weighted by Gasteiger charge is 2.35. The Morgan fingerprint density at radius 1 is 1.20 bits per heavy atom. The molecule has 1 atom stereocenters. The van der Waals surface area contributed by atoms with Gasteiger partial charge in [-0.2, -0.15) is 0 Å². The van der Waals surface area contributed by atoms with Crippen molar-refractivity contribution in [1.29, 1.82) is 0 Å². The highest BCUT2D eigenvalue weighted by atomic mass is 35.5. The van der Waals surface area contributed by atoms with Gasteiger partial charge in [-0.15, -0.1) is 0 Å². The molecule has 30 heavy (non-hydrogen) atoms. The maximum absolute atomic E-state index is 12.7. The van der Waals surface area contributed by atoms with Crippen molar-refractivity contribution in [3.63, 3.8) is 0 Å². The number of rotatable bonds is 5. The number of hydrogen-bond acceptors (Lipinski definition) is 4. The Morgan fingerprint density at radius 2 is 1.87 bits per heavy atom. The zero-order chi connectivity index (χ0) is 22.1. The van der Waals surface area contributed by atoms with Crippen LogP contribution >= 0.6 is 11.6 Å². The summed E-state index contributed by atoms with van der Waals surface area (Å²) in [5, 5.41) is 3.50. The monoisotopic (exact) mass is 450 g/mol. The summed E-state index contributed by atoms with van der Waals surface area (Å²) >= 11 is 5.88. The number of nitrogens with zero attached hydrogens (tertiary/aromatic N) is 1. The average molecular weight is 451 g/mol. The van der Waals surface area contributed by atoms with E-state index >= 15 is 0 Å². The van der Waals surface area contributed by atoms with Crippen LogP contribution < -0.4 is 14.4 Å². The van der Waals surface area contributed by atoms with Gasteiger partial charge in [0.2, 0.25) is 10.0 Å². The second-order valence-corrected chi connectivity index (χ2v) is 10.8. The molecule has 0 aliphatic carbocycles. The van der Waals surface area contributed by atoms with Crippen LogP contribution in [0.3, 0.4) is 0 Å². The Kier molecular flexibility index (Phi) is 6.34. The molecule has 8 heteroatoms. The van der Waals surface area contributed by atoms with Crippen LogP contribution in [0, 0.1) is 0 Å². The van der Waals surface area contributed by atoms with Crippen molar-refractivity contribution < 1.29 is 17.9 Å². The van der Waals surface area contributed by atoms with Gasteiger partial charge in [-0.1, -0.05) is 50.6 Å². The van der Waals surface area contributed by atoms with Crippen molar-refractivity contribution in [1.82, 2.24) is 5.32 Å². The van der Waals surface area contributed by atoms with E-state index in [1.165, 1.54) is 4.31 Å². The number of sulfonamides is 1. The molecule has 0 spiro atoms. The Labute approximate surface area is 183 Å². The standard InChI is InChI=1S/C22H27ClN2O4S/c1-22(2,3)16-7-10-19-18(13-16)25(30(4,27)28)14-20(29-19)21(26)24-12-11-15-5-8-17(23)9-6-15/h5-10,13,20H,11-12,14H2,1-4H3,(H,24,26). The molecule has 0 saturated heterocycles. The van der Waals surface area contributed by atoms with Crippen molar-refractivity contribution in [3.8, 4) is 5.75 Å². The summed E-state index contributed by atoms with van der Waals surface area (Å²) < 4.78 is 32.0. The number of nitrogens with one attached hydrogen (secondary N) is 1. The molecule has 1 aliphatic heterocycles. The van der Waals surface area contributed by atoms with E-state index in [4.69, 9.17) is 16.3 Å². The maximum Gasteiger partial charge on any atom is 0.263 e. The number of carbonyl (C=O) groups excluding carboxylic acids is 1.